The van der Waals surface area contributed by atoms with Gasteiger partial charge < -0.3 is 14.5 Å². The van der Waals surface area contributed by atoms with Gasteiger partial charge in [0.2, 0.25) is 0 Å². The van der Waals surface area contributed by atoms with Crippen molar-refractivity contribution in [2.24, 2.45) is 0 Å². The number of furan rings is 1. The van der Waals surface area contributed by atoms with Crippen LogP contribution in [-0.2, 0) is 10.2 Å². The molecule has 1 aromatic carbocycles. The van der Waals surface area contributed by atoms with Crippen LogP contribution >= 0.6 is 0 Å². The fourth-order valence-electron chi connectivity index (χ4n) is 2.68. The van der Waals surface area contributed by atoms with Crippen molar-refractivity contribution in [3.05, 3.63) is 54.0 Å². The van der Waals surface area contributed by atoms with Gasteiger partial charge in [0.25, 0.3) is 5.91 Å². The van der Waals surface area contributed by atoms with Crippen molar-refractivity contribution in [3.8, 4) is 0 Å². The maximum atomic E-state index is 12.1. The molecule has 2 heterocycles. The summed E-state index contributed by atoms with van der Waals surface area (Å²) in [5, 5.41) is 2.71. The average Bonchev–Trinajstić information content (AvgIpc) is 3.22. The quantitative estimate of drug-likeness (QED) is 0.925. The van der Waals surface area contributed by atoms with Crippen molar-refractivity contribution in [3.63, 3.8) is 0 Å². The molecule has 1 saturated heterocycles. The van der Waals surface area contributed by atoms with Gasteiger partial charge in [0, 0.05) is 5.69 Å². The first-order chi connectivity index (χ1) is 11.8. The number of carbonyl (C=O) groups excluding carboxylic acids is 2. The van der Waals surface area contributed by atoms with Crippen LogP contribution in [0, 0.1) is 0 Å². The van der Waals surface area contributed by atoms with E-state index in [1.54, 1.807) is 17.0 Å². The molecular weight excluding hydrogens is 320 g/mol. The predicted molar refractivity (Wildman–Crippen MR) is 93.8 cm³/mol. The van der Waals surface area contributed by atoms with Gasteiger partial charge in [-0.15, -0.1) is 0 Å². The molecule has 0 saturated carbocycles. The molecule has 0 spiro atoms. The van der Waals surface area contributed by atoms with E-state index in [2.05, 4.69) is 26.1 Å². The predicted octanol–water partition coefficient (Wildman–Crippen LogP) is 3.33. The number of benzene rings is 1. The van der Waals surface area contributed by atoms with Crippen LogP contribution in [0.4, 0.5) is 10.5 Å². The third-order valence-electron chi connectivity index (χ3n) is 4.15. The first-order valence-electron chi connectivity index (χ1n) is 8.25. The number of anilines is 1. The second kappa shape index (κ2) is 6.63. The summed E-state index contributed by atoms with van der Waals surface area (Å²) < 4.78 is 10.4. The zero-order valence-electron chi connectivity index (χ0n) is 14.6. The summed E-state index contributed by atoms with van der Waals surface area (Å²) in [6, 6.07) is 11.1. The summed E-state index contributed by atoms with van der Waals surface area (Å²) in [7, 11) is 0. The van der Waals surface area contributed by atoms with Crippen molar-refractivity contribution in [1.29, 1.82) is 0 Å². The molecule has 0 aliphatic carbocycles. The first kappa shape index (κ1) is 17.1. The second-order valence-electron chi connectivity index (χ2n) is 7.10. The number of amides is 2. The largest absolute Gasteiger partial charge is 0.459 e. The molecule has 25 heavy (non-hydrogen) atoms. The van der Waals surface area contributed by atoms with E-state index in [9.17, 15) is 9.59 Å². The molecule has 1 atom stereocenters. The van der Waals surface area contributed by atoms with Gasteiger partial charge in [-0.25, -0.2) is 4.79 Å². The maximum absolute atomic E-state index is 12.1. The minimum atomic E-state index is -0.402. The molecule has 1 unspecified atom stereocenters. The minimum absolute atomic E-state index is 0.0583. The maximum Gasteiger partial charge on any atom is 0.414 e. The Kier molecular flexibility index (Phi) is 4.53. The van der Waals surface area contributed by atoms with Crippen LogP contribution in [0.5, 0.6) is 0 Å². The topological polar surface area (TPSA) is 71.8 Å². The monoisotopic (exact) mass is 342 g/mol. The fourth-order valence-corrected chi connectivity index (χ4v) is 2.68. The first-order valence-corrected chi connectivity index (χ1v) is 8.25. The van der Waals surface area contributed by atoms with Gasteiger partial charge >= 0.3 is 6.09 Å². The summed E-state index contributed by atoms with van der Waals surface area (Å²) in [6.45, 7) is 7.06. The van der Waals surface area contributed by atoms with Gasteiger partial charge in [0.1, 0.15) is 6.10 Å². The Bertz CT molecular complexity index is 745. The van der Waals surface area contributed by atoms with Crippen LogP contribution < -0.4 is 10.2 Å². The van der Waals surface area contributed by atoms with Gasteiger partial charge in [0.15, 0.2) is 5.76 Å². The number of hydrogen-bond acceptors (Lipinski definition) is 4. The molecule has 3 rings (SSSR count). The highest BCUT2D eigenvalue weighted by molar-refractivity contribution is 5.92. The van der Waals surface area contributed by atoms with Crippen molar-refractivity contribution < 1.29 is 18.7 Å². The van der Waals surface area contributed by atoms with E-state index >= 15 is 0 Å². The summed E-state index contributed by atoms with van der Waals surface area (Å²) in [5.74, 6) is -0.0898. The molecule has 1 N–H and O–H groups in total. The fraction of sp³-hybridized carbons (Fsp3) is 0.368. The van der Waals surface area contributed by atoms with Gasteiger partial charge in [0.05, 0.1) is 19.4 Å². The molecule has 1 fully saturated rings. The zero-order valence-corrected chi connectivity index (χ0v) is 14.6. The lowest BCUT2D eigenvalue weighted by Crippen LogP contribution is -2.34. The third kappa shape index (κ3) is 3.84. The van der Waals surface area contributed by atoms with Gasteiger partial charge in [-0.2, -0.15) is 0 Å². The highest BCUT2D eigenvalue weighted by Crippen LogP contribution is 2.27. The highest BCUT2D eigenvalue weighted by Gasteiger charge is 2.32. The Morgan fingerprint density at radius 2 is 1.96 bits per heavy atom. The van der Waals surface area contributed by atoms with Crippen LogP contribution in [0.3, 0.4) is 0 Å². The normalized spacial score (nSPS) is 17.5. The van der Waals surface area contributed by atoms with Crippen LogP contribution in [0.25, 0.3) is 0 Å². The molecule has 2 amide bonds. The van der Waals surface area contributed by atoms with E-state index in [-0.39, 0.29) is 23.6 Å². The molecule has 0 radical (unpaired) electrons. The molecule has 0 bridgehead atoms. The molecule has 1 aliphatic rings. The highest BCUT2D eigenvalue weighted by atomic mass is 16.6. The Balaban J connectivity index is 1.60. The molecule has 2 aromatic rings. The molecule has 1 aromatic heterocycles. The molecule has 6 heteroatoms. The number of rotatable bonds is 4. The van der Waals surface area contributed by atoms with Crippen molar-refractivity contribution in [2.45, 2.75) is 32.3 Å². The van der Waals surface area contributed by atoms with Crippen LogP contribution in [-0.4, -0.2) is 31.2 Å². The Morgan fingerprint density at radius 1 is 1.24 bits per heavy atom. The third-order valence-corrected chi connectivity index (χ3v) is 4.15. The van der Waals surface area contributed by atoms with E-state index in [4.69, 9.17) is 9.15 Å². The smallest absolute Gasteiger partial charge is 0.414 e. The van der Waals surface area contributed by atoms with Crippen LogP contribution in [0.1, 0.15) is 36.9 Å². The van der Waals surface area contributed by atoms with E-state index < -0.39 is 12.2 Å². The van der Waals surface area contributed by atoms with Gasteiger partial charge in [-0.3, -0.25) is 9.69 Å². The van der Waals surface area contributed by atoms with Crippen molar-refractivity contribution in [1.82, 2.24) is 5.32 Å². The lowest BCUT2D eigenvalue weighted by atomic mass is 9.87. The molecule has 1 aliphatic heterocycles. The van der Waals surface area contributed by atoms with E-state index in [0.717, 1.165) is 5.69 Å². The number of nitrogens with zero attached hydrogens (tertiary/aromatic N) is 1. The van der Waals surface area contributed by atoms with E-state index in [1.165, 1.54) is 11.8 Å². The number of hydrogen-bond donors (Lipinski definition) is 1. The van der Waals surface area contributed by atoms with Crippen molar-refractivity contribution >= 4 is 17.7 Å². The number of cyclic esters (lactones) is 1. The number of ether oxygens (including phenoxy) is 1. The van der Waals surface area contributed by atoms with E-state index in [0.29, 0.717) is 6.54 Å². The molecule has 6 nitrogen and oxygen atoms in total. The van der Waals surface area contributed by atoms with Gasteiger partial charge in [-0.05, 0) is 35.2 Å². The lowest BCUT2D eigenvalue weighted by molar-refractivity contribution is 0.0889. The summed E-state index contributed by atoms with van der Waals surface area (Å²) >= 11 is 0. The standard InChI is InChI=1S/C19H22N2O4/c1-19(2,3)13-6-8-14(9-7-13)21-12-15(25-18(21)23)11-20-17(22)16-5-4-10-24-16/h4-10,15H,11-12H2,1-3H3,(H,20,22). The SMILES string of the molecule is CC(C)(C)c1ccc(N2CC(CNC(=O)c3ccco3)OC2=O)cc1. The number of carbonyl (C=O) groups is 2. The summed E-state index contributed by atoms with van der Waals surface area (Å²) in [6.07, 6.45) is 0.641. The lowest BCUT2D eigenvalue weighted by Gasteiger charge is -2.20. The average molecular weight is 342 g/mol. The summed E-state index contributed by atoms with van der Waals surface area (Å²) in [5.41, 5.74) is 2.05. The summed E-state index contributed by atoms with van der Waals surface area (Å²) in [4.78, 5) is 25.6. The van der Waals surface area contributed by atoms with Crippen LogP contribution in [0.2, 0.25) is 0 Å². The Hall–Kier alpha value is -2.76. The van der Waals surface area contributed by atoms with Gasteiger partial charge in [-0.1, -0.05) is 32.9 Å². The molecule has 132 valence electrons. The minimum Gasteiger partial charge on any atom is -0.459 e. The van der Waals surface area contributed by atoms with E-state index in [1.807, 2.05) is 24.3 Å². The zero-order chi connectivity index (χ0) is 18.0. The number of nitrogens with one attached hydrogen (secondary N) is 1. The van der Waals surface area contributed by atoms with Crippen LogP contribution in [0.15, 0.2) is 47.1 Å². The Labute approximate surface area is 146 Å². The second-order valence-corrected chi connectivity index (χ2v) is 7.10. The van der Waals surface area contributed by atoms with Crippen molar-refractivity contribution in [2.75, 3.05) is 18.0 Å². The Morgan fingerprint density at radius 3 is 2.56 bits per heavy atom. The molecular formula is C19H22N2O4.